The number of halogens is 2. The van der Waals surface area contributed by atoms with Crippen LogP contribution in [0.5, 0.6) is 0 Å². The van der Waals surface area contributed by atoms with E-state index >= 15 is 0 Å². The van der Waals surface area contributed by atoms with E-state index in [0.29, 0.717) is 22.6 Å². The molecule has 0 unspecified atom stereocenters. The van der Waals surface area contributed by atoms with Crippen molar-refractivity contribution in [2.75, 3.05) is 5.32 Å². The van der Waals surface area contributed by atoms with E-state index in [1.165, 1.54) is 37.0 Å². The van der Waals surface area contributed by atoms with Crippen LogP contribution in [0.1, 0.15) is 56.3 Å². The summed E-state index contributed by atoms with van der Waals surface area (Å²) in [5.74, 6) is 1.30. The summed E-state index contributed by atoms with van der Waals surface area (Å²) in [5, 5.41) is 8.14. The molecule has 1 aliphatic carbocycles. The lowest BCUT2D eigenvalue weighted by Gasteiger charge is -2.20. The van der Waals surface area contributed by atoms with Crippen LogP contribution in [0.25, 0.3) is 16.8 Å². The van der Waals surface area contributed by atoms with Crippen LogP contribution in [0.4, 0.5) is 16.0 Å². The molecule has 164 valence electrons. The molecular formula is C25H25ClFN5. The van der Waals surface area contributed by atoms with Crippen molar-refractivity contribution in [3.05, 3.63) is 70.9 Å². The minimum Gasteiger partial charge on any atom is -0.323 e. The van der Waals surface area contributed by atoms with Gasteiger partial charge in [0.2, 0.25) is 5.95 Å². The van der Waals surface area contributed by atoms with Gasteiger partial charge in [-0.25, -0.2) is 18.9 Å². The van der Waals surface area contributed by atoms with Gasteiger partial charge in [0, 0.05) is 22.2 Å². The molecule has 7 heteroatoms. The van der Waals surface area contributed by atoms with Crippen molar-refractivity contribution < 1.29 is 4.39 Å². The zero-order valence-electron chi connectivity index (χ0n) is 18.0. The van der Waals surface area contributed by atoms with Gasteiger partial charge in [-0.3, -0.25) is 0 Å². The topological polar surface area (TPSA) is 55.1 Å². The van der Waals surface area contributed by atoms with E-state index < -0.39 is 5.82 Å². The van der Waals surface area contributed by atoms with E-state index in [9.17, 15) is 4.39 Å². The largest absolute Gasteiger partial charge is 0.323 e. The normalized spacial score (nSPS) is 14.7. The monoisotopic (exact) mass is 449 g/mol. The SMILES string of the molecule is CCc1ccc(-c2nc(C3CCCCC3)n3nc(Nc4cc(F)cc(Cl)c4)ncc23)cc1. The van der Waals surface area contributed by atoms with Crippen LogP contribution in [-0.4, -0.2) is 19.6 Å². The van der Waals surface area contributed by atoms with E-state index in [1.807, 2.05) is 4.52 Å². The molecule has 5 rings (SSSR count). The van der Waals surface area contributed by atoms with Crippen LogP contribution < -0.4 is 5.32 Å². The summed E-state index contributed by atoms with van der Waals surface area (Å²) in [6.45, 7) is 2.15. The van der Waals surface area contributed by atoms with Crippen LogP contribution in [0, 0.1) is 5.82 Å². The maximum absolute atomic E-state index is 13.8. The summed E-state index contributed by atoms with van der Waals surface area (Å²) in [4.78, 5) is 9.56. The first-order chi connectivity index (χ1) is 15.6. The van der Waals surface area contributed by atoms with E-state index in [4.69, 9.17) is 21.7 Å². The fraction of sp³-hybridized carbons (Fsp3) is 0.320. The molecule has 2 heterocycles. The third kappa shape index (κ3) is 4.19. The number of hydrogen-bond acceptors (Lipinski definition) is 4. The van der Waals surface area contributed by atoms with Crippen molar-refractivity contribution >= 4 is 28.8 Å². The predicted molar refractivity (Wildman–Crippen MR) is 126 cm³/mol. The van der Waals surface area contributed by atoms with Crippen molar-refractivity contribution in [2.45, 2.75) is 51.4 Å². The highest BCUT2D eigenvalue weighted by Gasteiger charge is 2.24. The second-order valence-electron chi connectivity index (χ2n) is 8.37. The van der Waals surface area contributed by atoms with Gasteiger partial charge in [0.25, 0.3) is 0 Å². The lowest BCUT2D eigenvalue weighted by molar-refractivity contribution is 0.424. The van der Waals surface area contributed by atoms with Gasteiger partial charge >= 0.3 is 0 Å². The molecule has 32 heavy (non-hydrogen) atoms. The van der Waals surface area contributed by atoms with Gasteiger partial charge in [0.15, 0.2) is 0 Å². The number of nitrogens with one attached hydrogen (secondary N) is 1. The molecule has 1 aliphatic rings. The molecule has 0 radical (unpaired) electrons. The van der Waals surface area contributed by atoms with Crippen molar-refractivity contribution in [1.82, 2.24) is 19.6 Å². The number of aromatic nitrogens is 4. The highest BCUT2D eigenvalue weighted by atomic mass is 35.5. The van der Waals surface area contributed by atoms with Crippen molar-refractivity contribution in [2.24, 2.45) is 0 Å². The Morgan fingerprint density at radius 2 is 1.88 bits per heavy atom. The quantitative estimate of drug-likeness (QED) is 0.358. The molecule has 0 spiro atoms. The Kier molecular flexibility index (Phi) is 5.79. The molecule has 5 nitrogen and oxygen atoms in total. The third-order valence-corrected chi connectivity index (χ3v) is 6.36. The van der Waals surface area contributed by atoms with Crippen molar-refractivity contribution in [3.63, 3.8) is 0 Å². The van der Waals surface area contributed by atoms with Crippen molar-refractivity contribution in [3.8, 4) is 11.3 Å². The Morgan fingerprint density at radius 3 is 2.59 bits per heavy atom. The van der Waals surface area contributed by atoms with Gasteiger partial charge in [-0.1, -0.05) is 62.1 Å². The average molecular weight is 450 g/mol. The van der Waals surface area contributed by atoms with Gasteiger partial charge in [-0.15, -0.1) is 5.10 Å². The summed E-state index contributed by atoms with van der Waals surface area (Å²) in [7, 11) is 0. The average Bonchev–Trinajstić information content (AvgIpc) is 3.18. The van der Waals surface area contributed by atoms with Gasteiger partial charge in [-0.05, 0) is 43.0 Å². The third-order valence-electron chi connectivity index (χ3n) is 6.14. The predicted octanol–water partition coefficient (Wildman–Crippen LogP) is 6.94. The van der Waals surface area contributed by atoms with E-state index in [2.05, 4.69) is 41.5 Å². The maximum atomic E-state index is 13.8. The van der Waals surface area contributed by atoms with E-state index in [0.717, 1.165) is 41.9 Å². The molecule has 1 fully saturated rings. The maximum Gasteiger partial charge on any atom is 0.245 e. The van der Waals surface area contributed by atoms with E-state index in [1.54, 1.807) is 12.3 Å². The molecule has 0 atom stereocenters. The summed E-state index contributed by atoms with van der Waals surface area (Å²) in [6, 6.07) is 12.8. The molecular weight excluding hydrogens is 425 g/mol. The summed E-state index contributed by atoms with van der Waals surface area (Å²) >= 11 is 5.99. The number of hydrogen-bond donors (Lipinski definition) is 1. The van der Waals surface area contributed by atoms with E-state index in [-0.39, 0.29) is 0 Å². The minimum absolute atomic E-state index is 0.317. The van der Waals surface area contributed by atoms with Crippen LogP contribution in [0.3, 0.4) is 0 Å². The second kappa shape index (κ2) is 8.87. The fourth-order valence-corrected chi connectivity index (χ4v) is 4.68. The Balaban J connectivity index is 1.59. The molecule has 1 saturated carbocycles. The van der Waals surface area contributed by atoms with Gasteiger partial charge in [0.1, 0.15) is 17.2 Å². The number of fused-ring (bicyclic) bond motifs is 1. The number of rotatable bonds is 5. The lowest BCUT2D eigenvalue weighted by atomic mass is 9.89. The molecule has 0 bridgehead atoms. The van der Waals surface area contributed by atoms with Crippen LogP contribution >= 0.6 is 11.6 Å². The number of aryl methyl sites for hydroxylation is 1. The second-order valence-corrected chi connectivity index (χ2v) is 8.80. The lowest BCUT2D eigenvalue weighted by Crippen LogP contribution is -2.11. The molecule has 4 aromatic rings. The zero-order chi connectivity index (χ0) is 22.1. The first kappa shape index (κ1) is 20.9. The highest BCUT2D eigenvalue weighted by Crippen LogP contribution is 2.35. The highest BCUT2D eigenvalue weighted by molar-refractivity contribution is 6.30. The molecule has 1 N–H and O–H groups in total. The summed E-state index contributed by atoms with van der Waals surface area (Å²) < 4.78 is 15.7. The smallest absolute Gasteiger partial charge is 0.245 e. The van der Waals surface area contributed by atoms with Crippen LogP contribution in [0.2, 0.25) is 5.02 Å². The van der Waals surface area contributed by atoms with Crippen molar-refractivity contribution in [1.29, 1.82) is 0 Å². The summed E-state index contributed by atoms with van der Waals surface area (Å²) in [5.41, 5.74) is 4.62. The Labute approximate surface area is 191 Å². The van der Waals surface area contributed by atoms with Crippen LogP contribution in [-0.2, 0) is 6.42 Å². The first-order valence-corrected chi connectivity index (χ1v) is 11.6. The standard InChI is InChI=1S/C25H25ClFN5/c1-2-16-8-10-17(11-9-16)23-22-15-28-25(29-21-13-19(26)12-20(27)14-21)31-32(22)24(30-23)18-6-4-3-5-7-18/h8-15,18H,2-7H2,1H3,(H,29,31). The summed E-state index contributed by atoms with van der Waals surface area (Å²) in [6.07, 6.45) is 8.70. The van der Waals surface area contributed by atoms with Gasteiger partial charge in [0.05, 0.1) is 11.9 Å². The zero-order valence-corrected chi connectivity index (χ0v) is 18.7. The number of nitrogens with zero attached hydrogens (tertiary/aromatic N) is 4. The molecule has 0 saturated heterocycles. The van der Waals surface area contributed by atoms with Gasteiger partial charge < -0.3 is 5.32 Å². The Bertz CT molecular complexity index is 1230. The molecule has 0 aliphatic heterocycles. The molecule has 2 aromatic heterocycles. The van der Waals surface area contributed by atoms with Crippen LogP contribution in [0.15, 0.2) is 48.7 Å². The number of anilines is 2. The Hall–Kier alpha value is -2.99. The number of imidazole rings is 1. The van der Waals surface area contributed by atoms with Gasteiger partial charge in [-0.2, -0.15) is 0 Å². The number of benzene rings is 2. The fourth-order valence-electron chi connectivity index (χ4n) is 4.45. The molecule has 0 amide bonds. The minimum atomic E-state index is -0.413. The Morgan fingerprint density at radius 1 is 1.09 bits per heavy atom. The molecule has 2 aromatic carbocycles. The first-order valence-electron chi connectivity index (χ1n) is 11.2.